The Balaban J connectivity index is 1.62. The largest absolute Gasteiger partial charge is 0.353 e. The first-order chi connectivity index (χ1) is 9.14. The molecule has 2 saturated carbocycles. The smallest absolute Gasteiger partial charge is 0.203 e. The van der Waals surface area contributed by atoms with Gasteiger partial charge in [-0.2, -0.15) is 0 Å². The lowest BCUT2D eigenvalue weighted by Gasteiger charge is -2.35. The Morgan fingerprint density at radius 1 is 1.16 bits per heavy atom. The van der Waals surface area contributed by atoms with Crippen LogP contribution < -0.4 is 5.32 Å². The number of aromatic nitrogens is 2. The molecule has 0 amide bonds. The third kappa shape index (κ3) is 2.96. The van der Waals surface area contributed by atoms with Gasteiger partial charge in [0, 0.05) is 24.5 Å². The molecule has 2 aliphatic carbocycles. The Kier molecular flexibility index (Phi) is 3.55. The van der Waals surface area contributed by atoms with Crippen LogP contribution in [-0.2, 0) is 0 Å². The molecule has 19 heavy (non-hydrogen) atoms. The Morgan fingerprint density at radius 2 is 1.84 bits per heavy atom. The highest BCUT2D eigenvalue weighted by Gasteiger charge is 2.28. The number of nitrogens with zero attached hydrogens (tertiary/aromatic N) is 2. The van der Waals surface area contributed by atoms with Gasteiger partial charge in [0.15, 0.2) is 0 Å². The van der Waals surface area contributed by atoms with E-state index >= 15 is 0 Å². The van der Waals surface area contributed by atoms with E-state index in [2.05, 4.69) is 34.9 Å². The first-order valence-corrected chi connectivity index (χ1v) is 7.93. The average Bonchev–Trinajstić information content (AvgIpc) is 3.02. The van der Waals surface area contributed by atoms with E-state index in [1.54, 1.807) is 0 Å². The second kappa shape index (κ2) is 5.18. The van der Waals surface area contributed by atoms with Crippen LogP contribution in [0.25, 0.3) is 0 Å². The SMILES string of the molecule is CC1(C)CCC(Nc2nccn2C2CCCC2)CC1. The molecule has 0 aromatic carbocycles. The van der Waals surface area contributed by atoms with E-state index in [0.717, 1.165) is 5.95 Å². The molecule has 0 atom stereocenters. The zero-order valence-corrected chi connectivity index (χ0v) is 12.4. The highest BCUT2D eigenvalue weighted by Crippen LogP contribution is 2.37. The van der Waals surface area contributed by atoms with Crippen molar-refractivity contribution in [3.05, 3.63) is 12.4 Å². The summed E-state index contributed by atoms with van der Waals surface area (Å²) in [6, 6.07) is 1.31. The third-order valence-corrected chi connectivity index (χ3v) is 5.06. The number of hydrogen-bond donors (Lipinski definition) is 1. The van der Waals surface area contributed by atoms with Crippen molar-refractivity contribution < 1.29 is 0 Å². The third-order valence-electron chi connectivity index (χ3n) is 5.06. The molecule has 0 unspecified atom stereocenters. The number of rotatable bonds is 3. The number of imidazole rings is 1. The topological polar surface area (TPSA) is 29.9 Å². The van der Waals surface area contributed by atoms with Crippen molar-refractivity contribution in [1.29, 1.82) is 0 Å². The van der Waals surface area contributed by atoms with Crippen molar-refractivity contribution in [2.24, 2.45) is 5.41 Å². The molecule has 1 N–H and O–H groups in total. The minimum atomic E-state index is 0.541. The van der Waals surface area contributed by atoms with Gasteiger partial charge in [-0.1, -0.05) is 26.7 Å². The van der Waals surface area contributed by atoms with Crippen LogP contribution in [-0.4, -0.2) is 15.6 Å². The molecule has 2 aliphatic rings. The number of nitrogens with one attached hydrogen (secondary N) is 1. The second-order valence-corrected chi connectivity index (χ2v) is 7.18. The van der Waals surface area contributed by atoms with Crippen molar-refractivity contribution >= 4 is 5.95 Å². The second-order valence-electron chi connectivity index (χ2n) is 7.18. The van der Waals surface area contributed by atoms with E-state index in [1.807, 2.05) is 6.20 Å². The van der Waals surface area contributed by atoms with Crippen molar-refractivity contribution in [2.75, 3.05) is 5.32 Å². The maximum Gasteiger partial charge on any atom is 0.203 e. The van der Waals surface area contributed by atoms with Gasteiger partial charge < -0.3 is 9.88 Å². The van der Waals surface area contributed by atoms with Crippen LogP contribution in [0.15, 0.2) is 12.4 Å². The van der Waals surface area contributed by atoms with Crippen LogP contribution in [0.1, 0.15) is 71.3 Å². The summed E-state index contributed by atoms with van der Waals surface area (Å²) >= 11 is 0. The van der Waals surface area contributed by atoms with Gasteiger partial charge in [-0.25, -0.2) is 4.98 Å². The highest BCUT2D eigenvalue weighted by atomic mass is 15.2. The van der Waals surface area contributed by atoms with E-state index in [0.29, 0.717) is 17.5 Å². The summed E-state index contributed by atoms with van der Waals surface area (Å²) in [5.74, 6) is 1.11. The van der Waals surface area contributed by atoms with Gasteiger partial charge in [-0.15, -0.1) is 0 Å². The van der Waals surface area contributed by atoms with E-state index in [9.17, 15) is 0 Å². The molecule has 106 valence electrons. The van der Waals surface area contributed by atoms with Crippen molar-refractivity contribution in [3.63, 3.8) is 0 Å². The Labute approximate surface area is 116 Å². The molecule has 1 aromatic rings. The van der Waals surface area contributed by atoms with Crippen molar-refractivity contribution in [2.45, 2.75) is 77.3 Å². The monoisotopic (exact) mass is 261 g/mol. The van der Waals surface area contributed by atoms with Gasteiger partial charge >= 0.3 is 0 Å². The Hall–Kier alpha value is -0.990. The number of anilines is 1. The van der Waals surface area contributed by atoms with Crippen molar-refractivity contribution in [1.82, 2.24) is 9.55 Å². The average molecular weight is 261 g/mol. The van der Waals surface area contributed by atoms with E-state index in [4.69, 9.17) is 0 Å². The maximum absolute atomic E-state index is 4.54. The van der Waals surface area contributed by atoms with Gasteiger partial charge in [-0.05, 0) is 43.9 Å². The summed E-state index contributed by atoms with van der Waals surface area (Å²) in [5, 5.41) is 3.70. The van der Waals surface area contributed by atoms with Gasteiger partial charge in [0.25, 0.3) is 0 Å². The molecule has 3 rings (SSSR count). The molecule has 1 aromatic heterocycles. The van der Waals surface area contributed by atoms with Gasteiger partial charge in [-0.3, -0.25) is 0 Å². The van der Waals surface area contributed by atoms with Crippen LogP contribution in [0.5, 0.6) is 0 Å². The normalized spacial score (nSPS) is 24.7. The molecule has 2 fully saturated rings. The first kappa shape index (κ1) is 13.0. The molecule has 0 spiro atoms. The van der Waals surface area contributed by atoms with Crippen LogP contribution in [0.3, 0.4) is 0 Å². The highest BCUT2D eigenvalue weighted by molar-refractivity contribution is 5.29. The summed E-state index contributed by atoms with van der Waals surface area (Å²) in [6.07, 6.45) is 14.7. The summed E-state index contributed by atoms with van der Waals surface area (Å²) in [4.78, 5) is 4.54. The van der Waals surface area contributed by atoms with Crippen molar-refractivity contribution in [3.8, 4) is 0 Å². The molecule has 3 heteroatoms. The summed E-state index contributed by atoms with van der Waals surface area (Å²) in [6.45, 7) is 4.78. The number of hydrogen-bond acceptors (Lipinski definition) is 2. The van der Waals surface area contributed by atoms with E-state index in [1.165, 1.54) is 51.4 Å². The summed E-state index contributed by atoms with van der Waals surface area (Å²) in [5.41, 5.74) is 0.541. The lowest BCUT2D eigenvalue weighted by Crippen LogP contribution is -2.31. The standard InChI is InChI=1S/C16H27N3/c1-16(2)9-7-13(8-10-16)18-15-17-11-12-19(15)14-5-3-4-6-14/h11-14H,3-10H2,1-2H3,(H,17,18). The Morgan fingerprint density at radius 3 is 2.53 bits per heavy atom. The predicted octanol–water partition coefficient (Wildman–Crippen LogP) is 4.38. The molecular formula is C16H27N3. The zero-order valence-electron chi connectivity index (χ0n) is 12.4. The maximum atomic E-state index is 4.54. The molecular weight excluding hydrogens is 234 g/mol. The fraction of sp³-hybridized carbons (Fsp3) is 0.812. The van der Waals surface area contributed by atoms with Crippen LogP contribution >= 0.6 is 0 Å². The minimum absolute atomic E-state index is 0.541. The van der Waals surface area contributed by atoms with Crippen LogP contribution in [0.2, 0.25) is 0 Å². The molecule has 1 heterocycles. The lowest BCUT2D eigenvalue weighted by molar-refractivity contribution is 0.232. The van der Waals surface area contributed by atoms with Crippen LogP contribution in [0.4, 0.5) is 5.95 Å². The summed E-state index contributed by atoms with van der Waals surface area (Å²) < 4.78 is 2.38. The van der Waals surface area contributed by atoms with Gasteiger partial charge in [0.2, 0.25) is 5.95 Å². The van der Waals surface area contributed by atoms with E-state index < -0.39 is 0 Å². The molecule has 0 saturated heterocycles. The van der Waals surface area contributed by atoms with Gasteiger partial charge in [0.05, 0.1) is 0 Å². The fourth-order valence-electron chi connectivity index (χ4n) is 3.63. The molecule has 0 aliphatic heterocycles. The zero-order chi connectivity index (χ0) is 13.3. The molecule has 0 bridgehead atoms. The lowest BCUT2D eigenvalue weighted by atomic mass is 9.76. The molecule has 0 radical (unpaired) electrons. The predicted molar refractivity (Wildman–Crippen MR) is 79.4 cm³/mol. The van der Waals surface area contributed by atoms with E-state index in [-0.39, 0.29) is 0 Å². The van der Waals surface area contributed by atoms with Gasteiger partial charge in [0.1, 0.15) is 0 Å². The van der Waals surface area contributed by atoms with Crippen LogP contribution in [0, 0.1) is 5.41 Å². The minimum Gasteiger partial charge on any atom is -0.353 e. The quantitative estimate of drug-likeness (QED) is 0.875. The first-order valence-electron chi connectivity index (χ1n) is 7.93. The molecule has 3 nitrogen and oxygen atoms in total. The Bertz CT molecular complexity index is 405. The summed E-state index contributed by atoms with van der Waals surface area (Å²) in [7, 11) is 0. The fourth-order valence-corrected chi connectivity index (χ4v) is 3.63.